The Kier molecular flexibility index (Phi) is 8.79. The number of aryl methyl sites for hydroxylation is 1. The molecule has 0 saturated heterocycles. The van der Waals surface area contributed by atoms with E-state index in [0.717, 1.165) is 40.7 Å². The number of nitrogens with zero attached hydrogens (tertiary/aromatic N) is 2. The molecule has 7 nitrogen and oxygen atoms in total. The summed E-state index contributed by atoms with van der Waals surface area (Å²) in [6, 6.07) is 24.5. The lowest BCUT2D eigenvalue weighted by molar-refractivity contribution is -0.139. The summed E-state index contributed by atoms with van der Waals surface area (Å²) in [7, 11) is -2.25. The summed E-state index contributed by atoms with van der Waals surface area (Å²) in [5, 5.41) is 2.73. The molecule has 0 radical (unpaired) electrons. The number of sulfonamides is 1. The highest BCUT2D eigenvalue weighted by molar-refractivity contribution is 7.92. The van der Waals surface area contributed by atoms with Gasteiger partial charge in [-0.25, -0.2) is 8.42 Å². The van der Waals surface area contributed by atoms with Crippen LogP contribution in [0.3, 0.4) is 0 Å². The van der Waals surface area contributed by atoms with E-state index in [9.17, 15) is 18.0 Å². The van der Waals surface area contributed by atoms with Gasteiger partial charge >= 0.3 is 0 Å². The van der Waals surface area contributed by atoms with Gasteiger partial charge in [-0.05, 0) is 97.4 Å². The van der Waals surface area contributed by atoms with Crippen LogP contribution in [-0.4, -0.2) is 51.0 Å². The fraction of sp³-hybridized carbons (Fsp3) is 0.459. The van der Waals surface area contributed by atoms with Crippen molar-refractivity contribution in [3.8, 4) is 0 Å². The summed E-state index contributed by atoms with van der Waals surface area (Å²) in [4.78, 5) is 29.1. The topological polar surface area (TPSA) is 86.8 Å². The number of amides is 2. The van der Waals surface area contributed by atoms with E-state index in [2.05, 4.69) is 17.4 Å². The standard InChI is InChI=1S/C37H45N3O4S/c1-26-8-7-11-28(16-26)24-39(34(36(42)38-2)20-27-9-5-4-6-10-27)35(41)25-40(45(3,43)44)33-14-12-32(13-15-33)37-21-29-17-30(22-37)19-31(18-29)23-37/h4-16,29-31,34H,17-25H2,1-3H3,(H,38,42)/t29?,30?,31?,34-,37?/m0/s1. The highest BCUT2D eigenvalue weighted by atomic mass is 32.2. The first kappa shape index (κ1) is 31.3. The first-order chi connectivity index (χ1) is 21.5. The van der Waals surface area contributed by atoms with Crippen molar-refractivity contribution in [1.82, 2.24) is 10.2 Å². The maximum absolute atomic E-state index is 14.3. The molecule has 0 spiro atoms. The second kappa shape index (κ2) is 12.6. The van der Waals surface area contributed by atoms with Crippen molar-refractivity contribution in [2.24, 2.45) is 17.8 Å². The van der Waals surface area contributed by atoms with Crippen molar-refractivity contribution < 1.29 is 18.0 Å². The monoisotopic (exact) mass is 627 g/mol. The third-order valence-electron chi connectivity index (χ3n) is 10.4. The Morgan fingerprint density at radius 3 is 2.02 bits per heavy atom. The van der Waals surface area contributed by atoms with Crippen molar-refractivity contribution in [3.05, 3.63) is 101 Å². The van der Waals surface area contributed by atoms with Gasteiger partial charge < -0.3 is 10.2 Å². The molecule has 0 unspecified atom stereocenters. The van der Waals surface area contributed by atoms with E-state index in [0.29, 0.717) is 12.1 Å². The minimum atomic E-state index is -3.81. The van der Waals surface area contributed by atoms with Crippen LogP contribution in [0.25, 0.3) is 0 Å². The Balaban J connectivity index is 1.29. The number of benzene rings is 3. The smallest absolute Gasteiger partial charge is 0.244 e. The van der Waals surface area contributed by atoms with Crippen LogP contribution in [0.2, 0.25) is 0 Å². The average Bonchev–Trinajstić information content (AvgIpc) is 3.00. The molecule has 7 rings (SSSR count). The van der Waals surface area contributed by atoms with E-state index in [1.807, 2.05) is 73.7 Å². The predicted octanol–water partition coefficient (Wildman–Crippen LogP) is 5.61. The number of nitrogens with one attached hydrogen (secondary N) is 1. The van der Waals surface area contributed by atoms with Crippen LogP contribution in [0, 0.1) is 24.7 Å². The Hall–Kier alpha value is -3.65. The number of hydrogen-bond acceptors (Lipinski definition) is 4. The Bertz CT molecular complexity index is 1600. The van der Waals surface area contributed by atoms with Gasteiger partial charge in [0.2, 0.25) is 21.8 Å². The summed E-state index contributed by atoms with van der Waals surface area (Å²) >= 11 is 0. The van der Waals surface area contributed by atoms with E-state index in [4.69, 9.17) is 0 Å². The van der Waals surface area contributed by atoms with Gasteiger partial charge in [-0.3, -0.25) is 13.9 Å². The molecule has 0 aromatic heterocycles. The molecule has 0 aliphatic heterocycles. The Morgan fingerprint density at radius 1 is 0.867 bits per heavy atom. The molecule has 3 aromatic rings. The third kappa shape index (κ3) is 6.81. The molecule has 45 heavy (non-hydrogen) atoms. The molecule has 4 fully saturated rings. The van der Waals surface area contributed by atoms with Gasteiger partial charge in [0.1, 0.15) is 12.6 Å². The summed E-state index contributed by atoms with van der Waals surface area (Å²) in [6.45, 7) is 1.76. The number of carbonyl (C=O) groups excluding carboxylic acids is 2. The van der Waals surface area contributed by atoms with Crippen LogP contribution in [0.15, 0.2) is 78.9 Å². The lowest BCUT2D eigenvalue weighted by Crippen LogP contribution is -2.52. The van der Waals surface area contributed by atoms with Crippen LogP contribution in [0.4, 0.5) is 5.69 Å². The normalized spacial score (nSPS) is 24.2. The van der Waals surface area contributed by atoms with Gasteiger partial charge in [-0.2, -0.15) is 0 Å². The van der Waals surface area contributed by atoms with E-state index < -0.39 is 28.5 Å². The summed E-state index contributed by atoms with van der Waals surface area (Å²) < 4.78 is 27.6. The average molecular weight is 628 g/mol. The fourth-order valence-corrected chi connectivity index (χ4v) is 9.64. The largest absolute Gasteiger partial charge is 0.357 e. The summed E-state index contributed by atoms with van der Waals surface area (Å²) in [5.41, 5.74) is 4.78. The molecule has 8 heteroatoms. The molecule has 1 N–H and O–H groups in total. The van der Waals surface area contributed by atoms with E-state index in [-0.39, 0.29) is 17.9 Å². The van der Waals surface area contributed by atoms with E-state index >= 15 is 0 Å². The summed E-state index contributed by atoms with van der Waals surface area (Å²) in [6.07, 6.45) is 9.20. The van der Waals surface area contributed by atoms with Gasteiger partial charge in [0.15, 0.2) is 0 Å². The molecule has 4 saturated carbocycles. The van der Waals surface area contributed by atoms with Gasteiger partial charge in [-0.15, -0.1) is 0 Å². The zero-order chi connectivity index (χ0) is 31.8. The zero-order valence-electron chi connectivity index (χ0n) is 26.6. The third-order valence-corrected chi connectivity index (χ3v) is 11.6. The van der Waals surface area contributed by atoms with Crippen molar-refractivity contribution in [2.45, 2.75) is 69.9 Å². The molecule has 0 heterocycles. The maximum Gasteiger partial charge on any atom is 0.244 e. The summed E-state index contributed by atoms with van der Waals surface area (Å²) in [5.74, 6) is 1.70. The van der Waals surface area contributed by atoms with E-state index in [1.165, 1.54) is 53.3 Å². The highest BCUT2D eigenvalue weighted by Crippen LogP contribution is 2.60. The lowest BCUT2D eigenvalue weighted by Gasteiger charge is -2.57. The van der Waals surface area contributed by atoms with Gasteiger partial charge in [0, 0.05) is 20.0 Å². The molecule has 1 atom stereocenters. The van der Waals surface area contributed by atoms with Gasteiger partial charge in [-0.1, -0.05) is 72.3 Å². The molecule has 4 aliphatic rings. The minimum absolute atomic E-state index is 0.175. The van der Waals surface area contributed by atoms with Crippen LogP contribution in [0.5, 0.6) is 0 Å². The maximum atomic E-state index is 14.3. The predicted molar refractivity (Wildman–Crippen MR) is 178 cm³/mol. The SMILES string of the molecule is CNC(=O)[C@H](Cc1ccccc1)N(Cc1cccc(C)c1)C(=O)CN(c1ccc(C23CC4CC(CC(C4)C2)C3)cc1)S(C)(=O)=O. The van der Waals surface area contributed by atoms with Crippen LogP contribution in [-0.2, 0) is 38.0 Å². The Labute approximate surface area is 268 Å². The van der Waals surface area contributed by atoms with Crippen molar-refractivity contribution in [2.75, 3.05) is 24.2 Å². The highest BCUT2D eigenvalue weighted by Gasteiger charge is 2.51. The minimum Gasteiger partial charge on any atom is -0.357 e. The number of anilines is 1. The van der Waals surface area contributed by atoms with E-state index in [1.54, 1.807) is 7.05 Å². The fourth-order valence-electron chi connectivity index (χ4n) is 8.79. The van der Waals surface area contributed by atoms with Crippen LogP contribution in [0.1, 0.15) is 60.8 Å². The molecule has 3 aromatic carbocycles. The van der Waals surface area contributed by atoms with Gasteiger partial charge in [0.25, 0.3) is 0 Å². The molecule has 4 bridgehead atoms. The van der Waals surface area contributed by atoms with Crippen molar-refractivity contribution >= 4 is 27.5 Å². The number of rotatable bonds is 11. The first-order valence-corrected chi connectivity index (χ1v) is 18.1. The number of carbonyl (C=O) groups is 2. The van der Waals surface area contributed by atoms with Crippen molar-refractivity contribution in [3.63, 3.8) is 0 Å². The molecular formula is C37H45N3O4S. The first-order valence-electron chi connectivity index (χ1n) is 16.2. The Morgan fingerprint density at radius 2 is 1.47 bits per heavy atom. The van der Waals surface area contributed by atoms with Crippen molar-refractivity contribution in [1.29, 1.82) is 0 Å². The van der Waals surface area contributed by atoms with Crippen LogP contribution >= 0.6 is 0 Å². The number of hydrogen-bond donors (Lipinski definition) is 1. The second-order valence-electron chi connectivity index (χ2n) is 13.8. The molecular weight excluding hydrogens is 582 g/mol. The second-order valence-corrected chi connectivity index (χ2v) is 15.8. The lowest BCUT2D eigenvalue weighted by atomic mass is 9.48. The molecule has 2 amide bonds. The van der Waals surface area contributed by atoms with Gasteiger partial charge in [0.05, 0.1) is 11.9 Å². The number of likely N-dealkylation sites (N-methyl/N-ethyl adjacent to an activating group) is 1. The molecule has 4 aliphatic carbocycles. The van der Waals surface area contributed by atoms with Crippen LogP contribution < -0.4 is 9.62 Å². The quantitative estimate of drug-likeness (QED) is 0.299. The zero-order valence-corrected chi connectivity index (χ0v) is 27.4. The molecule has 238 valence electrons.